The fourth-order valence-corrected chi connectivity index (χ4v) is 3.91. The molecule has 0 atom stereocenters. The van der Waals surface area contributed by atoms with E-state index >= 15 is 0 Å². The molecule has 0 aliphatic carbocycles. The molecule has 0 bridgehead atoms. The van der Waals surface area contributed by atoms with Crippen LogP contribution in [0.1, 0.15) is 22.3 Å². The van der Waals surface area contributed by atoms with Gasteiger partial charge in [-0.2, -0.15) is 0 Å². The first kappa shape index (κ1) is 15.2. The van der Waals surface area contributed by atoms with Crippen molar-refractivity contribution in [1.82, 2.24) is 0 Å². The van der Waals surface area contributed by atoms with Gasteiger partial charge in [-0.3, -0.25) is 0 Å². The van der Waals surface area contributed by atoms with E-state index in [4.69, 9.17) is 0 Å². The molecule has 0 aromatic heterocycles. The van der Waals surface area contributed by atoms with Crippen LogP contribution in [-0.4, -0.2) is 18.8 Å². The van der Waals surface area contributed by atoms with Crippen LogP contribution < -0.4 is 0 Å². The normalized spacial score (nSPS) is 12.6. The second-order valence-corrected chi connectivity index (χ2v) is 10.8. The second-order valence-electron chi connectivity index (χ2n) is 6.65. The molecule has 0 saturated heterocycles. The Bertz CT molecular complexity index is 602. The van der Waals surface area contributed by atoms with Gasteiger partial charge in [0.05, 0.1) is 0 Å². The minimum atomic E-state index is -0.663. The number of aryl methyl sites for hydroxylation is 4. The highest BCUT2D eigenvalue weighted by molar-refractivity contribution is 8.32. The summed E-state index contributed by atoms with van der Waals surface area (Å²) in [5.41, 5.74) is 8.23. The standard InChI is InChI=1S/C19H26S/c1-13-8-14(2)10-17(9-13)19-15(3)11-18(12-16(19)4)20(5,6)7/h8-12H,1-7H3. The third-order valence-corrected chi connectivity index (χ3v) is 5.37. The zero-order chi connectivity index (χ0) is 15.1. The first-order valence-corrected chi connectivity index (χ1v) is 9.92. The fourth-order valence-electron chi connectivity index (χ4n) is 2.85. The molecule has 0 aliphatic heterocycles. The summed E-state index contributed by atoms with van der Waals surface area (Å²) in [6.45, 7) is 8.84. The van der Waals surface area contributed by atoms with Crippen LogP contribution in [0.2, 0.25) is 0 Å². The van der Waals surface area contributed by atoms with Crippen molar-refractivity contribution in [3.63, 3.8) is 0 Å². The van der Waals surface area contributed by atoms with Crippen molar-refractivity contribution in [1.29, 1.82) is 0 Å². The Balaban J connectivity index is 2.64. The van der Waals surface area contributed by atoms with Crippen molar-refractivity contribution in [2.45, 2.75) is 32.6 Å². The van der Waals surface area contributed by atoms with E-state index < -0.39 is 10.0 Å². The number of hydrogen-bond acceptors (Lipinski definition) is 0. The highest BCUT2D eigenvalue weighted by Crippen LogP contribution is 2.47. The summed E-state index contributed by atoms with van der Waals surface area (Å²) in [5.74, 6) is 0. The summed E-state index contributed by atoms with van der Waals surface area (Å²) in [5, 5.41) is 0. The van der Waals surface area contributed by atoms with Gasteiger partial charge >= 0.3 is 0 Å². The maximum absolute atomic E-state index is 2.38. The Kier molecular flexibility index (Phi) is 4.02. The van der Waals surface area contributed by atoms with Crippen LogP contribution in [0.25, 0.3) is 11.1 Å². The molecular weight excluding hydrogens is 260 g/mol. The largest absolute Gasteiger partial charge is 0.223 e. The molecule has 0 saturated carbocycles. The smallest absolute Gasteiger partial charge is 0.0101 e. The van der Waals surface area contributed by atoms with Gasteiger partial charge in [-0.15, -0.1) is 0 Å². The molecule has 1 heteroatoms. The lowest BCUT2D eigenvalue weighted by Crippen LogP contribution is -1.97. The van der Waals surface area contributed by atoms with Crippen LogP contribution >= 0.6 is 10.0 Å². The van der Waals surface area contributed by atoms with Crippen LogP contribution in [0.15, 0.2) is 35.2 Å². The van der Waals surface area contributed by atoms with Crippen LogP contribution in [0.5, 0.6) is 0 Å². The summed E-state index contributed by atoms with van der Waals surface area (Å²) < 4.78 is 0. The van der Waals surface area contributed by atoms with Gasteiger partial charge in [0.2, 0.25) is 0 Å². The van der Waals surface area contributed by atoms with Gasteiger partial charge < -0.3 is 0 Å². The predicted molar refractivity (Wildman–Crippen MR) is 94.5 cm³/mol. The van der Waals surface area contributed by atoms with Crippen LogP contribution in [-0.2, 0) is 0 Å². The molecule has 2 aromatic carbocycles. The molecule has 0 fully saturated rings. The lowest BCUT2D eigenvalue weighted by atomic mass is 9.93. The molecule has 0 unspecified atom stereocenters. The Labute approximate surface area is 125 Å². The predicted octanol–water partition coefficient (Wildman–Crippen LogP) is 5.64. The quantitative estimate of drug-likeness (QED) is 0.670. The average Bonchev–Trinajstić information content (AvgIpc) is 2.25. The van der Waals surface area contributed by atoms with Crippen molar-refractivity contribution in [2.24, 2.45) is 0 Å². The highest BCUT2D eigenvalue weighted by atomic mass is 32.3. The van der Waals surface area contributed by atoms with Crippen LogP contribution in [0.4, 0.5) is 0 Å². The van der Waals surface area contributed by atoms with Crippen molar-refractivity contribution in [3.8, 4) is 11.1 Å². The Morgan fingerprint density at radius 2 is 1.10 bits per heavy atom. The lowest BCUT2D eigenvalue weighted by molar-refractivity contribution is 1.28. The van der Waals surface area contributed by atoms with E-state index in [0.717, 1.165) is 0 Å². The Morgan fingerprint density at radius 3 is 1.50 bits per heavy atom. The molecule has 0 aliphatic rings. The molecule has 0 nitrogen and oxygen atoms in total. The monoisotopic (exact) mass is 286 g/mol. The number of benzene rings is 2. The fraction of sp³-hybridized carbons (Fsp3) is 0.368. The summed E-state index contributed by atoms with van der Waals surface area (Å²) in [6, 6.07) is 11.6. The second kappa shape index (κ2) is 5.29. The topological polar surface area (TPSA) is 0 Å². The molecule has 2 rings (SSSR count). The third kappa shape index (κ3) is 3.09. The Morgan fingerprint density at radius 1 is 0.650 bits per heavy atom. The van der Waals surface area contributed by atoms with Crippen molar-refractivity contribution >= 4 is 10.0 Å². The lowest BCUT2D eigenvalue weighted by Gasteiger charge is -2.28. The van der Waals surface area contributed by atoms with Gasteiger partial charge in [-0.1, -0.05) is 29.3 Å². The van der Waals surface area contributed by atoms with Crippen molar-refractivity contribution in [3.05, 3.63) is 52.6 Å². The van der Waals surface area contributed by atoms with E-state index in [1.54, 1.807) is 0 Å². The first-order chi connectivity index (χ1) is 9.18. The van der Waals surface area contributed by atoms with Gasteiger partial charge in [0.15, 0.2) is 0 Å². The number of hydrogen-bond donors (Lipinski definition) is 0. The molecule has 20 heavy (non-hydrogen) atoms. The summed E-state index contributed by atoms with van der Waals surface area (Å²) in [7, 11) is -0.663. The molecule has 0 spiro atoms. The van der Waals surface area contributed by atoms with E-state index in [1.807, 2.05) is 0 Å². The van der Waals surface area contributed by atoms with Gasteiger partial charge in [0.1, 0.15) is 0 Å². The number of rotatable bonds is 2. The van der Waals surface area contributed by atoms with Crippen molar-refractivity contribution in [2.75, 3.05) is 18.8 Å². The minimum absolute atomic E-state index is 0.663. The maximum Gasteiger partial charge on any atom is -0.0101 e. The van der Waals surface area contributed by atoms with Crippen LogP contribution in [0.3, 0.4) is 0 Å². The van der Waals surface area contributed by atoms with Gasteiger partial charge in [0.25, 0.3) is 0 Å². The molecule has 0 amide bonds. The van der Waals surface area contributed by atoms with E-state index in [1.165, 1.54) is 38.3 Å². The molecular formula is C19H26S. The van der Waals surface area contributed by atoms with Gasteiger partial charge in [-0.05, 0) is 85.7 Å². The summed E-state index contributed by atoms with van der Waals surface area (Å²) in [6.07, 6.45) is 7.08. The highest BCUT2D eigenvalue weighted by Gasteiger charge is 2.13. The molecule has 2 aromatic rings. The maximum atomic E-state index is 2.38. The first-order valence-electron chi connectivity index (χ1n) is 7.07. The Hall–Kier alpha value is -1.21. The molecule has 108 valence electrons. The zero-order valence-electron chi connectivity index (χ0n) is 13.8. The van der Waals surface area contributed by atoms with Gasteiger partial charge in [0, 0.05) is 0 Å². The van der Waals surface area contributed by atoms with E-state index in [0.29, 0.717) is 0 Å². The van der Waals surface area contributed by atoms with E-state index in [2.05, 4.69) is 76.8 Å². The van der Waals surface area contributed by atoms with E-state index in [-0.39, 0.29) is 0 Å². The summed E-state index contributed by atoms with van der Waals surface area (Å²) >= 11 is 0. The van der Waals surface area contributed by atoms with Crippen LogP contribution in [0, 0.1) is 27.7 Å². The molecule has 0 radical (unpaired) electrons. The average molecular weight is 286 g/mol. The van der Waals surface area contributed by atoms with Gasteiger partial charge in [-0.25, -0.2) is 10.0 Å². The van der Waals surface area contributed by atoms with E-state index in [9.17, 15) is 0 Å². The SMILES string of the molecule is Cc1cc(C)cc(-c2c(C)cc(S(C)(C)C)cc2C)c1. The zero-order valence-corrected chi connectivity index (χ0v) is 14.6. The molecule has 0 N–H and O–H groups in total. The minimum Gasteiger partial charge on any atom is -0.223 e. The third-order valence-electron chi connectivity index (χ3n) is 3.72. The molecule has 0 heterocycles. The van der Waals surface area contributed by atoms with Crippen molar-refractivity contribution < 1.29 is 0 Å². The summed E-state index contributed by atoms with van der Waals surface area (Å²) in [4.78, 5) is 1.50.